The summed E-state index contributed by atoms with van der Waals surface area (Å²) in [5.74, 6) is 0.843. The molecule has 1 aliphatic heterocycles. The molecule has 0 aliphatic carbocycles. The lowest BCUT2D eigenvalue weighted by Gasteiger charge is -2.08. The fraction of sp³-hybridized carbons (Fsp3) is 0.429. The molecule has 3 heteroatoms. The van der Waals surface area contributed by atoms with Gasteiger partial charge in [-0.3, -0.25) is 4.21 Å². The summed E-state index contributed by atoms with van der Waals surface area (Å²) in [5, 5.41) is 0.231. The lowest BCUT2D eigenvalue weighted by atomic mass is 10.1. The standard InChI is InChI=1S/C14H18O2S/c1-12(13-6-3-2-4-7-13)10-16-11-14-8-5-9-17(14)15/h2-4,6-7,10,14H,5,8-9,11H2,1H3/b12-10-. The van der Waals surface area contributed by atoms with Gasteiger partial charge in [0, 0.05) is 16.6 Å². The molecule has 2 nitrogen and oxygen atoms in total. The molecule has 1 aliphatic rings. The van der Waals surface area contributed by atoms with Crippen molar-refractivity contribution in [3.8, 4) is 0 Å². The van der Waals surface area contributed by atoms with Crippen molar-refractivity contribution in [2.45, 2.75) is 25.0 Å². The number of benzene rings is 1. The quantitative estimate of drug-likeness (QED) is 0.768. The van der Waals surface area contributed by atoms with Gasteiger partial charge in [0.25, 0.3) is 0 Å². The van der Waals surface area contributed by atoms with E-state index in [1.54, 1.807) is 6.26 Å². The normalized spacial score (nSPS) is 24.9. The third kappa shape index (κ3) is 3.43. The Hall–Kier alpha value is -1.09. The van der Waals surface area contributed by atoms with Crippen LogP contribution in [0, 0.1) is 0 Å². The van der Waals surface area contributed by atoms with E-state index in [1.807, 2.05) is 25.1 Å². The number of hydrogen-bond donors (Lipinski definition) is 0. The van der Waals surface area contributed by atoms with Crippen molar-refractivity contribution in [2.75, 3.05) is 12.4 Å². The highest BCUT2D eigenvalue weighted by molar-refractivity contribution is 7.85. The van der Waals surface area contributed by atoms with Crippen LogP contribution in [0.15, 0.2) is 36.6 Å². The van der Waals surface area contributed by atoms with Gasteiger partial charge in [0.15, 0.2) is 0 Å². The van der Waals surface area contributed by atoms with Crippen LogP contribution in [0.4, 0.5) is 0 Å². The van der Waals surface area contributed by atoms with Crippen LogP contribution in [0.1, 0.15) is 25.3 Å². The van der Waals surface area contributed by atoms with E-state index < -0.39 is 10.8 Å². The second-order valence-corrected chi connectivity index (χ2v) is 6.19. The van der Waals surface area contributed by atoms with Crippen molar-refractivity contribution in [1.29, 1.82) is 0 Å². The number of allylic oxidation sites excluding steroid dienone is 1. The molecular formula is C14H18O2S. The molecule has 0 radical (unpaired) electrons. The highest BCUT2D eigenvalue weighted by atomic mass is 32.2. The minimum Gasteiger partial charge on any atom is -0.500 e. The van der Waals surface area contributed by atoms with Crippen LogP contribution in [0.2, 0.25) is 0 Å². The van der Waals surface area contributed by atoms with E-state index >= 15 is 0 Å². The van der Waals surface area contributed by atoms with E-state index in [2.05, 4.69) is 12.1 Å². The Kier molecular flexibility index (Phi) is 4.37. The van der Waals surface area contributed by atoms with Crippen LogP contribution in [0.3, 0.4) is 0 Å². The van der Waals surface area contributed by atoms with E-state index in [0.29, 0.717) is 6.61 Å². The van der Waals surface area contributed by atoms with E-state index in [1.165, 1.54) is 5.56 Å². The molecule has 1 fully saturated rings. The molecule has 1 saturated heterocycles. The fourth-order valence-electron chi connectivity index (χ4n) is 1.96. The van der Waals surface area contributed by atoms with Gasteiger partial charge in [-0.1, -0.05) is 30.3 Å². The zero-order chi connectivity index (χ0) is 12.1. The number of ether oxygens (including phenoxy) is 1. The predicted octanol–water partition coefficient (Wildman–Crippen LogP) is 2.98. The SMILES string of the molecule is C/C(=C/OCC1CCCS1=O)c1ccccc1. The lowest BCUT2D eigenvalue weighted by molar-refractivity contribution is 0.248. The van der Waals surface area contributed by atoms with Gasteiger partial charge < -0.3 is 4.74 Å². The first kappa shape index (κ1) is 12.4. The molecule has 0 bridgehead atoms. The first-order valence-corrected chi connectivity index (χ1v) is 7.36. The minimum atomic E-state index is -0.674. The molecule has 1 aromatic rings. The van der Waals surface area contributed by atoms with E-state index in [0.717, 1.165) is 24.2 Å². The Bertz CT molecular complexity index is 411. The van der Waals surface area contributed by atoms with Crippen molar-refractivity contribution < 1.29 is 8.95 Å². The Morgan fingerprint density at radius 3 is 2.88 bits per heavy atom. The summed E-state index contributed by atoms with van der Waals surface area (Å²) < 4.78 is 17.1. The molecule has 2 unspecified atom stereocenters. The summed E-state index contributed by atoms with van der Waals surface area (Å²) in [4.78, 5) is 0. The molecule has 2 atom stereocenters. The van der Waals surface area contributed by atoms with Crippen LogP contribution in [0.25, 0.3) is 5.57 Å². The molecule has 0 aromatic heterocycles. The predicted molar refractivity (Wildman–Crippen MR) is 72.1 cm³/mol. The van der Waals surface area contributed by atoms with Crippen molar-refractivity contribution in [3.63, 3.8) is 0 Å². The Labute approximate surface area is 105 Å². The molecule has 2 rings (SSSR count). The highest BCUT2D eigenvalue weighted by Crippen LogP contribution is 2.17. The van der Waals surface area contributed by atoms with Gasteiger partial charge in [-0.05, 0) is 30.9 Å². The summed E-state index contributed by atoms with van der Waals surface area (Å²) in [5.41, 5.74) is 2.27. The summed E-state index contributed by atoms with van der Waals surface area (Å²) in [6, 6.07) is 10.1. The van der Waals surface area contributed by atoms with Crippen LogP contribution >= 0.6 is 0 Å². The summed E-state index contributed by atoms with van der Waals surface area (Å²) >= 11 is 0. The third-order valence-electron chi connectivity index (χ3n) is 3.01. The lowest BCUT2D eigenvalue weighted by Crippen LogP contribution is -2.15. The summed E-state index contributed by atoms with van der Waals surface area (Å²) in [6.45, 7) is 2.61. The van der Waals surface area contributed by atoms with Crippen molar-refractivity contribution >= 4 is 16.4 Å². The molecule has 1 aromatic carbocycles. The first-order chi connectivity index (χ1) is 8.27. The average molecular weight is 250 g/mol. The fourth-order valence-corrected chi connectivity index (χ4v) is 3.40. The Morgan fingerprint density at radius 1 is 1.47 bits per heavy atom. The second-order valence-electron chi connectivity index (χ2n) is 4.35. The monoisotopic (exact) mass is 250 g/mol. The van der Waals surface area contributed by atoms with Crippen molar-refractivity contribution in [3.05, 3.63) is 42.2 Å². The second kappa shape index (κ2) is 6.01. The van der Waals surface area contributed by atoms with Crippen LogP contribution < -0.4 is 0 Å². The molecule has 0 amide bonds. The van der Waals surface area contributed by atoms with Crippen molar-refractivity contribution in [2.24, 2.45) is 0 Å². The van der Waals surface area contributed by atoms with Crippen LogP contribution in [0.5, 0.6) is 0 Å². The summed E-state index contributed by atoms with van der Waals surface area (Å²) in [7, 11) is -0.674. The maximum Gasteiger partial charge on any atom is 0.102 e. The topological polar surface area (TPSA) is 26.3 Å². The van der Waals surface area contributed by atoms with Crippen LogP contribution in [-0.4, -0.2) is 21.8 Å². The molecular weight excluding hydrogens is 232 g/mol. The van der Waals surface area contributed by atoms with E-state index in [-0.39, 0.29) is 5.25 Å². The number of hydrogen-bond acceptors (Lipinski definition) is 2. The molecule has 92 valence electrons. The Balaban J connectivity index is 1.86. The third-order valence-corrected chi connectivity index (χ3v) is 4.82. The zero-order valence-electron chi connectivity index (χ0n) is 10.1. The highest BCUT2D eigenvalue weighted by Gasteiger charge is 2.22. The van der Waals surface area contributed by atoms with E-state index in [9.17, 15) is 4.21 Å². The van der Waals surface area contributed by atoms with Gasteiger partial charge in [-0.15, -0.1) is 0 Å². The molecule has 0 spiro atoms. The van der Waals surface area contributed by atoms with Crippen LogP contribution in [-0.2, 0) is 15.5 Å². The van der Waals surface area contributed by atoms with Crippen molar-refractivity contribution in [1.82, 2.24) is 0 Å². The molecule has 0 saturated carbocycles. The maximum atomic E-state index is 11.5. The van der Waals surface area contributed by atoms with Gasteiger partial charge in [0.1, 0.15) is 6.61 Å². The van der Waals surface area contributed by atoms with Gasteiger partial charge in [0.05, 0.1) is 11.5 Å². The zero-order valence-corrected chi connectivity index (χ0v) is 10.9. The molecule has 17 heavy (non-hydrogen) atoms. The average Bonchev–Trinajstić information content (AvgIpc) is 2.76. The first-order valence-electron chi connectivity index (χ1n) is 5.98. The molecule has 1 heterocycles. The Morgan fingerprint density at radius 2 is 2.24 bits per heavy atom. The van der Waals surface area contributed by atoms with Gasteiger partial charge in [-0.25, -0.2) is 0 Å². The maximum absolute atomic E-state index is 11.5. The minimum absolute atomic E-state index is 0.231. The smallest absolute Gasteiger partial charge is 0.102 e. The van der Waals surface area contributed by atoms with Gasteiger partial charge >= 0.3 is 0 Å². The van der Waals surface area contributed by atoms with E-state index in [4.69, 9.17) is 4.74 Å². The van der Waals surface area contributed by atoms with Gasteiger partial charge in [-0.2, -0.15) is 0 Å². The largest absolute Gasteiger partial charge is 0.500 e. The molecule has 0 N–H and O–H groups in total. The number of rotatable bonds is 4. The van der Waals surface area contributed by atoms with Gasteiger partial charge in [0.2, 0.25) is 0 Å². The summed E-state index contributed by atoms with van der Waals surface area (Å²) in [6.07, 6.45) is 3.89.